The number of aryl methyl sites for hydroxylation is 1. The molecule has 3 heteroatoms. The zero-order valence-electron chi connectivity index (χ0n) is 7.83. The minimum atomic E-state index is -0.402. The number of nitrogens with one attached hydrogen (secondary N) is 1. The van der Waals surface area contributed by atoms with Crippen LogP contribution in [-0.4, -0.2) is 13.2 Å². The van der Waals surface area contributed by atoms with Crippen LogP contribution in [0.1, 0.15) is 11.1 Å². The molecule has 0 spiro atoms. The van der Waals surface area contributed by atoms with Crippen molar-refractivity contribution in [1.29, 1.82) is 0 Å². The first-order valence-corrected chi connectivity index (χ1v) is 4.09. The van der Waals surface area contributed by atoms with E-state index >= 15 is 0 Å². The molecule has 0 aliphatic heterocycles. The van der Waals surface area contributed by atoms with Gasteiger partial charge in [0.25, 0.3) is 0 Å². The van der Waals surface area contributed by atoms with Crippen molar-refractivity contribution in [2.75, 3.05) is 7.11 Å². The molecule has 1 aromatic rings. The molecule has 0 atom stereocenters. The quantitative estimate of drug-likeness (QED) is 0.752. The summed E-state index contributed by atoms with van der Waals surface area (Å²) >= 11 is 0. The highest BCUT2D eigenvalue weighted by Crippen LogP contribution is 2.02. The lowest BCUT2D eigenvalue weighted by Crippen LogP contribution is -2.22. The van der Waals surface area contributed by atoms with Crippen LogP contribution in [0.25, 0.3) is 0 Å². The van der Waals surface area contributed by atoms with Crippen molar-refractivity contribution in [2.24, 2.45) is 0 Å². The molecule has 1 amide bonds. The first kappa shape index (κ1) is 9.58. The molecule has 3 nitrogen and oxygen atoms in total. The Kier molecular flexibility index (Phi) is 3.31. The Balaban J connectivity index is 2.46. The Morgan fingerprint density at radius 3 is 2.54 bits per heavy atom. The van der Waals surface area contributed by atoms with Gasteiger partial charge in [0.05, 0.1) is 7.11 Å². The van der Waals surface area contributed by atoms with Gasteiger partial charge >= 0.3 is 6.09 Å². The Labute approximate surface area is 77.7 Å². The smallest absolute Gasteiger partial charge is 0.407 e. The summed E-state index contributed by atoms with van der Waals surface area (Å²) in [6, 6.07) is 7.97. The number of methoxy groups -OCH3 is 1. The van der Waals surface area contributed by atoms with Gasteiger partial charge in [0, 0.05) is 6.54 Å². The predicted octanol–water partition coefficient (Wildman–Crippen LogP) is 1.85. The van der Waals surface area contributed by atoms with Gasteiger partial charge in [-0.1, -0.05) is 29.8 Å². The van der Waals surface area contributed by atoms with E-state index in [0.717, 1.165) is 5.56 Å². The first-order valence-electron chi connectivity index (χ1n) is 4.09. The largest absolute Gasteiger partial charge is 0.453 e. The van der Waals surface area contributed by atoms with Crippen molar-refractivity contribution < 1.29 is 9.53 Å². The maximum atomic E-state index is 10.7. The molecule has 13 heavy (non-hydrogen) atoms. The fourth-order valence-corrected chi connectivity index (χ4v) is 0.952. The van der Waals surface area contributed by atoms with Crippen molar-refractivity contribution >= 4 is 6.09 Å². The summed E-state index contributed by atoms with van der Waals surface area (Å²) < 4.78 is 4.45. The highest BCUT2D eigenvalue weighted by Gasteiger charge is 1.97. The molecule has 0 fully saturated rings. The molecule has 0 aromatic heterocycles. The average Bonchev–Trinajstić information content (AvgIpc) is 2.16. The van der Waals surface area contributed by atoms with Crippen molar-refractivity contribution in [1.82, 2.24) is 5.32 Å². The molecular weight excluding hydrogens is 166 g/mol. The van der Waals surface area contributed by atoms with Gasteiger partial charge in [-0.2, -0.15) is 0 Å². The minimum Gasteiger partial charge on any atom is -0.453 e. The van der Waals surface area contributed by atoms with Crippen LogP contribution in [0.3, 0.4) is 0 Å². The zero-order valence-corrected chi connectivity index (χ0v) is 7.83. The van der Waals surface area contributed by atoms with E-state index < -0.39 is 6.09 Å². The van der Waals surface area contributed by atoms with Crippen LogP contribution in [0.2, 0.25) is 0 Å². The summed E-state index contributed by atoms with van der Waals surface area (Å²) in [5.41, 5.74) is 2.28. The lowest BCUT2D eigenvalue weighted by molar-refractivity contribution is 0.170. The number of carbonyl (C=O) groups is 1. The second kappa shape index (κ2) is 4.50. The molecule has 0 saturated carbocycles. The van der Waals surface area contributed by atoms with Crippen LogP contribution in [0.15, 0.2) is 24.3 Å². The molecule has 0 heterocycles. The highest BCUT2D eigenvalue weighted by molar-refractivity contribution is 5.66. The summed E-state index contributed by atoms with van der Waals surface area (Å²) in [6.07, 6.45) is -0.402. The Morgan fingerprint density at radius 2 is 2.00 bits per heavy atom. The summed E-state index contributed by atoms with van der Waals surface area (Å²) in [5, 5.41) is 2.61. The molecule has 1 rings (SSSR count). The third-order valence-corrected chi connectivity index (χ3v) is 1.74. The lowest BCUT2D eigenvalue weighted by Gasteiger charge is -2.03. The second-order valence-electron chi connectivity index (χ2n) is 2.83. The summed E-state index contributed by atoms with van der Waals surface area (Å²) in [7, 11) is 1.35. The Bertz CT molecular complexity index is 279. The van der Waals surface area contributed by atoms with Crippen LogP contribution in [-0.2, 0) is 11.3 Å². The fourth-order valence-electron chi connectivity index (χ4n) is 0.952. The normalized spacial score (nSPS) is 9.38. The monoisotopic (exact) mass is 179 g/mol. The van der Waals surface area contributed by atoms with E-state index in [1.165, 1.54) is 12.7 Å². The van der Waals surface area contributed by atoms with Crippen LogP contribution < -0.4 is 5.32 Å². The van der Waals surface area contributed by atoms with Crippen molar-refractivity contribution in [2.45, 2.75) is 13.5 Å². The topological polar surface area (TPSA) is 38.3 Å². The molecule has 0 unspecified atom stereocenters. The third-order valence-electron chi connectivity index (χ3n) is 1.74. The summed E-state index contributed by atoms with van der Waals surface area (Å²) in [4.78, 5) is 10.7. The Morgan fingerprint density at radius 1 is 1.38 bits per heavy atom. The average molecular weight is 179 g/mol. The van der Waals surface area contributed by atoms with Gasteiger partial charge in [0.2, 0.25) is 0 Å². The fraction of sp³-hybridized carbons (Fsp3) is 0.300. The van der Waals surface area contributed by atoms with E-state index in [4.69, 9.17) is 0 Å². The molecule has 1 aromatic carbocycles. The van der Waals surface area contributed by atoms with Crippen molar-refractivity contribution in [3.8, 4) is 0 Å². The number of alkyl carbamates (subject to hydrolysis) is 1. The van der Waals surface area contributed by atoms with Gasteiger partial charge in [-0.05, 0) is 12.5 Å². The molecule has 0 aliphatic rings. The van der Waals surface area contributed by atoms with E-state index in [-0.39, 0.29) is 0 Å². The van der Waals surface area contributed by atoms with Gasteiger partial charge < -0.3 is 10.1 Å². The van der Waals surface area contributed by atoms with E-state index in [0.29, 0.717) is 6.54 Å². The van der Waals surface area contributed by atoms with Gasteiger partial charge in [-0.15, -0.1) is 0 Å². The third kappa shape index (κ3) is 3.15. The van der Waals surface area contributed by atoms with Crippen LogP contribution >= 0.6 is 0 Å². The van der Waals surface area contributed by atoms with E-state index in [2.05, 4.69) is 10.1 Å². The molecule has 0 radical (unpaired) electrons. The summed E-state index contributed by atoms with van der Waals surface area (Å²) in [5.74, 6) is 0. The molecule has 0 bridgehead atoms. The standard InChI is InChI=1S/C10H13NO2/c1-8-3-5-9(6-4-8)7-11-10(12)13-2/h3-6H,7H2,1-2H3,(H,11,12). The van der Waals surface area contributed by atoms with E-state index in [1.807, 2.05) is 31.2 Å². The molecule has 70 valence electrons. The Hall–Kier alpha value is -1.51. The first-order chi connectivity index (χ1) is 6.22. The van der Waals surface area contributed by atoms with E-state index in [9.17, 15) is 4.79 Å². The predicted molar refractivity (Wildman–Crippen MR) is 50.4 cm³/mol. The maximum absolute atomic E-state index is 10.7. The molecule has 0 saturated heterocycles. The minimum absolute atomic E-state index is 0.402. The molecular formula is C10H13NO2. The van der Waals surface area contributed by atoms with Gasteiger partial charge in [0.15, 0.2) is 0 Å². The second-order valence-corrected chi connectivity index (χ2v) is 2.83. The number of benzene rings is 1. The van der Waals surface area contributed by atoms with Crippen LogP contribution in [0, 0.1) is 6.92 Å². The van der Waals surface area contributed by atoms with Gasteiger partial charge in [-0.3, -0.25) is 0 Å². The number of ether oxygens (including phenoxy) is 1. The number of hydrogen-bond donors (Lipinski definition) is 1. The number of hydrogen-bond acceptors (Lipinski definition) is 2. The van der Waals surface area contributed by atoms with Gasteiger partial charge in [-0.25, -0.2) is 4.79 Å². The lowest BCUT2D eigenvalue weighted by atomic mass is 10.1. The van der Waals surface area contributed by atoms with Crippen molar-refractivity contribution in [3.63, 3.8) is 0 Å². The molecule has 0 aliphatic carbocycles. The van der Waals surface area contributed by atoms with Gasteiger partial charge in [0.1, 0.15) is 0 Å². The van der Waals surface area contributed by atoms with E-state index in [1.54, 1.807) is 0 Å². The highest BCUT2D eigenvalue weighted by atomic mass is 16.5. The summed E-state index contributed by atoms with van der Waals surface area (Å²) in [6.45, 7) is 2.53. The number of carbonyl (C=O) groups excluding carboxylic acids is 1. The van der Waals surface area contributed by atoms with Crippen molar-refractivity contribution in [3.05, 3.63) is 35.4 Å². The molecule has 1 N–H and O–H groups in total. The van der Waals surface area contributed by atoms with Crippen LogP contribution in [0.4, 0.5) is 4.79 Å². The van der Waals surface area contributed by atoms with Crippen LogP contribution in [0.5, 0.6) is 0 Å². The zero-order chi connectivity index (χ0) is 9.68. The number of rotatable bonds is 2. The number of amides is 1. The maximum Gasteiger partial charge on any atom is 0.407 e. The SMILES string of the molecule is COC(=O)NCc1ccc(C)cc1.